The van der Waals surface area contributed by atoms with Crippen molar-refractivity contribution in [1.82, 2.24) is 4.98 Å². The maximum atomic E-state index is 14.5. The molecule has 1 aromatic heterocycles. The van der Waals surface area contributed by atoms with Gasteiger partial charge in [-0.3, -0.25) is 9.79 Å². The number of thioether (sulfide) groups is 1. The number of carbonyl (C=O) groups is 1. The maximum absolute atomic E-state index is 14.5. The summed E-state index contributed by atoms with van der Waals surface area (Å²) in [6, 6.07) is 6.83. The van der Waals surface area contributed by atoms with Crippen LogP contribution in [0.2, 0.25) is 0 Å². The van der Waals surface area contributed by atoms with Gasteiger partial charge in [-0.15, -0.1) is 23.1 Å². The Morgan fingerprint density at radius 2 is 1.88 bits per heavy atom. The number of aliphatic imine (C=N–C) groups is 1. The van der Waals surface area contributed by atoms with Crippen LogP contribution in [0.4, 0.5) is 4.39 Å². The fourth-order valence-corrected chi connectivity index (χ4v) is 4.58. The molecule has 0 unspecified atom stereocenters. The van der Waals surface area contributed by atoms with E-state index in [1.165, 1.54) is 13.0 Å². The van der Waals surface area contributed by atoms with Crippen molar-refractivity contribution in [3.05, 3.63) is 58.8 Å². The van der Waals surface area contributed by atoms with Crippen molar-refractivity contribution < 1.29 is 13.9 Å². The van der Waals surface area contributed by atoms with E-state index in [0.29, 0.717) is 23.8 Å². The second-order valence-electron chi connectivity index (χ2n) is 7.60. The molecular weight excluding hydrogens is 467 g/mol. The van der Waals surface area contributed by atoms with E-state index in [1.54, 1.807) is 48.4 Å². The minimum Gasteiger partial charge on any atom is -0.466 e. The van der Waals surface area contributed by atoms with Crippen molar-refractivity contribution in [3.63, 3.8) is 0 Å². The molecule has 0 fully saturated rings. The van der Waals surface area contributed by atoms with Gasteiger partial charge in [0.05, 0.1) is 27.2 Å². The monoisotopic (exact) mass is 504 g/mol. The Bertz CT molecular complexity index is 977. The first-order valence-corrected chi connectivity index (χ1v) is 13.7. The van der Waals surface area contributed by atoms with Crippen LogP contribution in [-0.4, -0.2) is 28.9 Å². The van der Waals surface area contributed by atoms with E-state index >= 15 is 0 Å². The number of ether oxygens (including phenoxy) is 1. The smallest absolute Gasteiger partial charge is 0.302 e. The Kier molecular flexibility index (Phi) is 14.4. The first-order chi connectivity index (χ1) is 16.3. The first kappa shape index (κ1) is 29.8. The fraction of sp³-hybridized carbons (Fsp3) is 0.444. The predicted molar refractivity (Wildman–Crippen MR) is 147 cm³/mol. The summed E-state index contributed by atoms with van der Waals surface area (Å²) >= 11 is 3.24. The van der Waals surface area contributed by atoms with Gasteiger partial charge in [-0.2, -0.15) is 0 Å². The van der Waals surface area contributed by atoms with Crippen molar-refractivity contribution >= 4 is 39.7 Å². The quantitative estimate of drug-likeness (QED) is 0.141. The molecule has 0 aliphatic heterocycles. The molecule has 0 aliphatic rings. The van der Waals surface area contributed by atoms with Gasteiger partial charge < -0.3 is 4.74 Å². The summed E-state index contributed by atoms with van der Waals surface area (Å²) in [6.45, 7) is 14.2. The fourth-order valence-electron chi connectivity index (χ4n) is 3.22. The number of thiazole rings is 1. The third-order valence-corrected chi connectivity index (χ3v) is 6.85. The SMILES string of the molecule is C=C(/C=C\N=C(C)SC)c1sc(C(CCC)CCC)nc1-c1ccccc1F.CCOC(C)=O. The Morgan fingerprint density at radius 1 is 1.24 bits per heavy atom. The molecule has 1 aromatic carbocycles. The van der Waals surface area contributed by atoms with Crippen molar-refractivity contribution in [2.75, 3.05) is 12.9 Å². The van der Waals surface area contributed by atoms with Crippen LogP contribution in [0.3, 0.4) is 0 Å². The zero-order valence-electron chi connectivity index (χ0n) is 21.2. The van der Waals surface area contributed by atoms with Crippen LogP contribution < -0.4 is 0 Å². The molecule has 0 aliphatic carbocycles. The number of esters is 1. The normalized spacial score (nSPS) is 11.5. The number of hydrogen-bond acceptors (Lipinski definition) is 6. The van der Waals surface area contributed by atoms with Gasteiger partial charge in [0.15, 0.2) is 0 Å². The van der Waals surface area contributed by atoms with E-state index in [9.17, 15) is 9.18 Å². The van der Waals surface area contributed by atoms with Crippen LogP contribution in [0.5, 0.6) is 0 Å². The second-order valence-corrected chi connectivity index (χ2v) is 9.63. The van der Waals surface area contributed by atoms with Gasteiger partial charge in [0.25, 0.3) is 0 Å². The summed E-state index contributed by atoms with van der Waals surface area (Å²) < 4.78 is 18.9. The van der Waals surface area contributed by atoms with Crippen LogP contribution in [0.25, 0.3) is 16.8 Å². The van der Waals surface area contributed by atoms with Crippen molar-refractivity contribution in [1.29, 1.82) is 0 Å². The average Bonchev–Trinajstić information content (AvgIpc) is 3.24. The van der Waals surface area contributed by atoms with E-state index in [1.807, 2.05) is 25.3 Å². The van der Waals surface area contributed by atoms with Crippen LogP contribution in [0.15, 0.2) is 48.1 Å². The van der Waals surface area contributed by atoms with Crippen LogP contribution in [-0.2, 0) is 9.53 Å². The Labute approximate surface area is 212 Å². The number of allylic oxidation sites excluding steroid dienone is 2. The number of carbonyl (C=O) groups excluding carboxylic acids is 1. The van der Waals surface area contributed by atoms with Crippen LogP contribution >= 0.6 is 23.1 Å². The highest BCUT2D eigenvalue weighted by Crippen LogP contribution is 2.39. The molecule has 0 amide bonds. The van der Waals surface area contributed by atoms with E-state index < -0.39 is 0 Å². The molecule has 0 bridgehead atoms. The van der Waals surface area contributed by atoms with Gasteiger partial charge in [-0.1, -0.05) is 45.4 Å². The highest BCUT2D eigenvalue weighted by molar-refractivity contribution is 8.13. The van der Waals surface area contributed by atoms with Gasteiger partial charge in [-0.25, -0.2) is 9.37 Å². The zero-order valence-corrected chi connectivity index (χ0v) is 22.8. The lowest BCUT2D eigenvalue weighted by atomic mass is 9.99. The van der Waals surface area contributed by atoms with E-state index in [-0.39, 0.29) is 11.8 Å². The highest BCUT2D eigenvalue weighted by atomic mass is 32.2. The Morgan fingerprint density at radius 3 is 2.38 bits per heavy atom. The molecule has 2 aromatic rings. The number of rotatable bonds is 10. The first-order valence-electron chi connectivity index (χ1n) is 11.6. The summed E-state index contributed by atoms with van der Waals surface area (Å²) in [5.74, 6) is -0.0542. The second kappa shape index (κ2) is 16.4. The van der Waals surface area contributed by atoms with Gasteiger partial charge in [0.1, 0.15) is 5.82 Å². The largest absolute Gasteiger partial charge is 0.466 e. The van der Waals surface area contributed by atoms with Gasteiger partial charge in [0, 0.05) is 24.6 Å². The maximum Gasteiger partial charge on any atom is 0.302 e. The van der Waals surface area contributed by atoms with Gasteiger partial charge >= 0.3 is 5.97 Å². The predicted octanol–water partition coefficient (Wildman–Crippen LogP) is 8.51. The third kappa shape index (κ3) is 9.94. The Hall–Kier alpha value is -2.25. The molecule has 0 saturated carbocycles. The lowest BCUT2D eigenvalue weighted by Gasteiger charge is -2.11. The van der Waals surface area contributed by atoms with E-state index in [4.69, 9.17) is 4.98 Å². The Balaban J connectivity index is 0.000000852. The minimum absolute atomic E-state index is 0.211. The van der Waals surface area contributed by atoms with Crippen LogP contribution in [0, 0.1) is 5.82 Å². The highest BCUT2D eigenvalue weighted by Gasteiger charge is 2.21. The lowest BCUT2D eigenvalue weighted by molar-refractivity contribution is -0.140. The lowest BCUT2D eigenvalue weighted by Crippen LogP contribution is -1.98. The molecule has 7 heteroatoms. The van der Waals surface area contributed by atoms with Gasteiger partial charge in [0.2, 0.25) is 0 Å². The molecule has 0 radical (unpaired) electrons. The number of aromatic nitrogens is 1. The molecule has 0 spiro atoms. The summed E-state index contributed by atoms with van der Waals surface area (Å²) in [6.07, 6.45) is 10.0. The van der Waals surface area contributed by atoms with Crippen molar-refractivity contribution in [2.24, 2.45) is 4.99 Å². The van der Waals surface area contributed by atoms with Crippen molar-refractivity contribution in [3.8, 4) is 11.3 Å². The minimum atomic E-state index is -0.254. The summed E-state index contributed by atoms with van der Waals surface area (Å²) in [5.41, 5.74) is 2.03. The van der Waals surface area contributed by atoms with E-state index in [0.717, 1.165) is 46.2 Å². The number of hydrogen-bond donors (Lipinski definition) is 0. The van der Waals surface area contributed by atoms with Crippen LogP contribution in [0.1, 0.15) is 76.1 Å². The average molecular weight is 505 g/mol. The molecule has 1 heterocycles. The molecule has 2 rings (SSSR count). The summed E-state index contributed by atoms with van der Waals surface area (Å²) in [5, 5.41) is 2.06. The van der Waals surface area contributed by atoms with Gasteiger partial charge in [-0.05, 0) is 56.7 Å². The standard InChI is InChI=1S/C23H29FN2S2.C4H8O2/c1-6-10-18(11-7-2)23-26-21(19-12-8-9-13-20(19)24)22(28-23)16(3)14-15-25-17(4)27-5;1-3-6-4(2)5/h8-9,12-15,18H,3,6-7,10-11H2,1-2,4-5H3;3H2,1-2H3/b15-14-,25-17?;. The summed E-state index contributed by atoms with van der Waals surface area (Å²) in [7, 11) is 0. The number of benzene rings is 1. The topological polar surface area (TPSA) is 51.6 Å². The van der Waals surface area contributed by atoms with E-state index in [2.05, 4.69) is 30.2 Å². The molecule has 34 heavy (non-hydrogen) atoms. The third-order valence-electron chi connectivity index (χ3n) is 4.86. The van der Waals surface area contributed by atoms with Crippen molar-refractivity contribution in [2.45, 2.75) is 66.2 Å². The molecular formula is C27H37FN2O2S2. The number of nitrogens with zero attached hydrogens (tertiary/aromatic N) is 2. The molecule has 4 nitrogen and oxygen atoms in total. The summed E-state index contributed by atoms with van der Waals surface area (Å²) in [4.78, 5) is 20.0. The molecule has 0 N–H and O–H groups in total. The number of halogens is 1. The molecule has 0 atom stereocenters. The molecule has 186 valence electrons. The molecule has 0 saturated heterocycles. The zero-order chi connectivity index (χ0) is 25.5.